The lowest BCUT2D eigenvalue weighted by molar-refractivity contribution is -0.156. The molecule has 5 heteroatoms. The van der Waals surface area contributed by atoms with Crippen molar-refractivity contribution in [3.8, 4) is 0 Å². The Labute approximate surface area is 151 Å². The highest BCUT2D eigenvalue weighted by molar-refractivity contribution is 5.76. The summed E-state index contributed by atoms with van der Waals surface area (Å²) < 4.78 is 10.7. The molecule has 0 fully saturated rings. The molecule has 5 nitrogen and oxygen atoms in total. The summed E-state index contributed by atoms with van der Waals surface area (Å²) in [7, 11) is 0. The van der Waals surface area contributed by atoms with E-state index < -0.39 is 11.6 Å². The maximum atomic E-state index is 12.4. The molecular formula is C20H31NO4. The number of esters is 2. The molecule has 0 aromatic heterocycles. The third-order valence-corrected chi connectivity index (χ3v) is 3.46. The topological polar surface area (TPSA) is 64.6 Å². The molecule has 1 N–H and O–H groups in total. The quantitative estimate of drug-likeness (QED) is 0.690. The van der Waals surface area contributed by atoms with Crippen LogP contribution in [0.1, 0.15) is 59.4 Å². The number of ether oxygens (including phenoxy) is 2. The van der Waals surface area contributed by atoms with Crippen molar-refractivity contribution in [3.63, 3.8) is 0 Å². The van der Waals surface area contributed by atoms with Gasteiger partial charge in [0.25, 0.3) is 0 Å². The zero-order valence-corrected chi connectivity index (χ0v) is 16.0. The van der Waals surface area contributed by atoms with Crippen molar-refractivity contribution in [2.75, 3.05) is 0 Å². The van der Waals surface area contributed by atoms with Crippen LogP contribution in [0.5, 0.6) is 0 Å². The molecule has 0 aliphatic rings. The van der Waals surface area contributed by atoms with E-state index >= 15 is 0 Å². The highest BCUT2D eigenvalue weighted by Gasteiger charge is 2.24. The fourth-order valence-corrected chi connectivity index (χ4v) is 2.42. The highest BCUT2D eigenvalue weighted by atomic mass is 16.6. The number of rotatable bonds is 9. The number of carbonyl (C=O) groups is 2. The maximum Gasteiger partial charge on any atom is 0.323 e. The van der Waals surface area contributed by atoms with Gasteiger partial charge in [-0.3, -0.25) is 9.59 Å². The molecule has 0 saturated carbocycles. The molecule has 0 aliphatic carbocycles. The van der Waals surface area contributed by atoms with E-state index in [1.165, 1.54) is 0 Å². The molecule has 2 unspecified atom stereocenters. The molecule has 0 bridgehead atoms. The van der Waals surface area contributed by atoms with E-state index in [4.69, 9.17) is 9.47 Å². The van der Waals surface area contributed by atoms with E-state index in [9.17, 15) is 9.59 Å². The van der Waals surface area contributed by atoms with Crippen molar-refractivity contribution in [2.24, 2.45) is 0 Å². The lowest BCUT2D eigenvalue weighted by atomic mass is 10.1. The minimum atomic E-state index is -0.506. The summed E-state index contributed by atoms with van der Waals surface area (Å²) in [6, 6.07) is 8.98. The highest BCUT2D eigenvalue weighted by Crippen LogP contribution is 2.11. The minimum Gasteiger partial charge on any atom is -0.460 e. The molecule has 0 radical (unpaired) electrons. The van der Waals surface area contributed by atoms with Crippen LogP contribution in [0.25, 0.3) is 0 Å². The van der Waals surface area contributed by atoms with Crippen LogP contribution in [0.3, 0.4) is 0 Å². The van der Waals surface area contributed by atoms with Gasteiger partial charge in [0, 0.05) is 6.04 Å². The molecule has 25 heavy (non-hydrogen) atoms. The van der Waals surface area contributed by atoms with Gasteiger partial charge in [0.15, 0.2) is 0 Å². The van der Waals surface area contributed by atoms with Gasteiger partial charge in [-0.2, -0.15) is 0 Å². The lowest BCUT2D eigenvalue weighted by Crippen LogP contribution is -2.44. The first kappa shape index (κ1) is 21.2. The molecule has 0 amide bonds. The van der Waals surface area contributed by atoms with Crippen molar-refractivity contribution < 1.29 is 19.1 Å². The SMILES string of the molecule is CCCC(NC(C)CC(=O)OC(C)(C)C)C(=O)OCc1ccccc1. The van der Waals surface area contributed by atoms with Crippen LogP contribution in [0.4, 0.5) is 0 Å². The first-order chi connectivity index (χ1) is 11.7. The molecule has 1 aromatic rings. The number of nitrogens with one attached hydrogen (secondary N) is 1. The second-order valence-electron chi connectivity index (χ2n) is 7.29. The van der Waals surface area contributed by atoms with Gasteiger partial charge < -0.3 is 14.8 Å². The number of hydrogen-bond donors (Lipinski definition) is 1. The van der Waals surface area contributed by atoms with Crippen LogP contribution in [0.15, 0.2) is 30.3 Å². The summed E-state index contributed by atoms with van der Waals surface area (Å²) in [6.45, 7) is 9.65. The molecule has 140 valence electrons. The second kappa shape index (κ2) is 10.2. The van der Waals surface area contributed by atoms with Crippen LogP contribution in [0.2, 0.25) is 0 Å². The summed E-state index contributed by atoms with van der Waals surface area (Å²) in [5, 5.41) is 3.20. The number of hydrogen-bond acceptors (Lipinski definition) is 5. The fraction of sp³-hybridized carbons (Fsp3) is 0.600. The average Bonchev–Trinajstić information content (AvgIpc) is 2.51. The first-order valence-electron chi connectivity index (χ1n) is 8.89. The van der Waals surface area contributed by atoms with Gasteiger partial charge in [0.2, 0.25) is 0 Å². The van der Waals surface area contributed by atoms with Crippen LogP contribution < -0.4 is 5.32 Å². The Morgan fingerprint density at radius 1 is 1.16 bits per heavy atom. The molecule has 0 aliphatic heterocycles. The van der Waals surface area contributed by atoms with Gasteiger partial charge in [-0.05, 0) is 39.7 Å². The summed E-state index contributed by atoms with van der Waals surface area (Å²) in [5.41, 5.74) is 0.446. The van der Waals surface area contributed by atoms with Crippen LogP contribution in [-0.2, 0) is 25.7 Å². The normalized spacial score (nSPS) is 13.8. The Kier molecular flexibility index (Phi) is 8.62. The van der Waals surface area contributed by atoms with Gasteiger partial charge in [-0.1, -0.05) is 43.7 Å². The van der Waals surface area contributed by atoms with Crippen molar-refractivity contribution in [1.29, 1.82) is 0 Å². The largest absolute Gasteiger partial charge is 0.460 e. The predicted molar refractivity (Wildman–Crippen MR) is 98.0 cm³/mol. The average molecular weight is 349 g/mol. The van der Waals surface area contributed by atoms with E-state index in [0.717, 1.165) is 12.0 Å². The zero-order chi connectivity index (χ0) is 18.9. The van der Waals surface area contributed by atoms with Crippen LogP contribution in [-0.4, -0.2) is 29.6 Å². The van der Waals surface area contributed by atoms with Gasteiger partial charge in [-0.15, -0.1) is 0 Å². The Hall–Kier alpha value is -1.88. The zero-order valence-electron chi connectivity index (χ0n) is 16.0. The van der Waals surface area contributed by atoms with Crippen molar-refractivity contribution >= 4 is 11.9 Å². The van der Waals surface area contributed by atoms with Crippen molar-refractivity contribution in [2.45, 2.75) is 78.2 Å². The smallest absolute Gasteiger partial charge is 0.323 e. The summed E-state index contributed by atoms with van der Waals surface area (Å²) in [4.78, 5) is 24.3. The Balaban J connectivity index is 2.51. The summed E-state index contributed by atoms with van der Waals surface area (Å²) in [6.07, 6.45) is 1.72. The lowest BCUT2D eigenvalue weighted by Gasteiger charge is -2.24. The maximum absolute atomic E-state index is 12.4. The Bertz CT molecular complexity index is 536. The van der Waals surface area contributed by atoms with E-state index in [0.29, 0.717) is 6.42 Å². The fourth-order valence-electron chi connectivity index (χ4n) is 2.42. The molecular weight excluding hydrogens is 318 g/mol. The van der Waals surface area contributed by atoms with E-state index in [1.54, 1.807) is 0 Å². The standard InChI is InChI=1S/C20H31NO4/c1-6-10-17(19(23)24-14-16-11-8-7-9-12-16)21-15(2)13-18(22)25-20(3,4)5/h7-9,11-12,15,17,21H,6,10,13-14H2,1-5H3. The molecule has 1 rings (SSSR count). The minimum absolute atomic E-state index is 0.171. The monoisotopic (exact) mass is 349 g/mol. The molecule has 0 spiro atoms. The third-order valence-electron chi connectivity index (χ3n) is 3.46. The molecule has 2 atom stereocenters. The van der Waals surface area contributed by atoms with Gasteiger partial charge in [-0.25, -0.2) is 0 Å². The van der Waals surface area contributed by atoms with Crippen LogP contribution >= 0.6 is 0 Å². The van der Waals surface area contributed by atoms with Gasteiger partial charge in [0.1, 0.15) is 18.2 Å². The second-order valence-corrected chi connectivity index (χ2v) is 7.29. The van der Waals surface area contributed by atoms with E-state index in [1.807, 2.05) is 65.0 Å². The Morgan fingerprint density at radius 2 is 1.80 bits per heavy atom. The summed E-state index contributed by atoms with van der Waals surface area (Å²) >= 11 is 0. The van der Waals surface area contributed by atoms with E-state index in [2.05, 4.69) is 5.32 Å². The third kappa shape index (κ3) is 9.25. The van der Waals surface area contributed by atoms with Gasteiger partial charge in [0.05, 0.1) is 6.42 Å². The molecule has 0 saturated heterocycles. The van der Waals surface area contributed by atoms with Crippen molar-refractivity contribution in [3.05, 3.63) is 35.9 Å². The number of benzene rings is 1. The number of carbonyl (C=O) groups excluding carboxylic acids is 2. The first-order valence-corrected chi connectivity index (χ1v) is 8.89. The molecule has 0 heterocycles. The molecule has 1 aromatic carbocycles. The van der Waals surface area contributed by atoms with Crippen molar-refractivity contribution in [1.82, 2.24) is 5.32 Å². The van der Waals surface area contributed by atoms with E-state index in [-0.39, 0.29) is 31.0 Å². The van der Waals surface area contributed by atoms with Crippen LogP contribution in [0, 0.1) is 0 Å². The van der Waals surface area contributed by atoms with Gasteiger partial charge >= 0.3 is 11.9 Å². The Morgan fingerprint density at radius 3 is 2.36 bits per heavy atom. The predicted octanol–water partition coefficient (Wildman–Crippen LogP) is 3.61. The summed E-state index contributed by atoms with van der Waals surface area (Å²) in [5.74, 6) is -0.567.